The van der Waals surface area contributed by atoms with Crippen LogP contribution in [0.3, 0.4) is 0 Å². The highest BCUT2D eigenvalue weighted by atomic mass is 16.5. The Labute approximate surface area is 121 Å². The highest BCUT2D eigenvalue weighted by Crippen LogP contribution is 2.25. The lowest BCUT2D eigenvalue weighted by molar-refractivity contribution is 0.106. The number of nitrogen functional groups attached to an aromatic ring is 1. The van der Waals surface area contributed by atoms with Crippen molar-refractivity contribution in [1.29, 1.82) is 0 Å². The molecule has 0 aromatic carbocycles. The van der Waals surface area contributed by atoms with Crippen molar-refractivity contribution in [3.8, 4) is 5.88 Å². The molecule has 2 heterocycles. The van der Waals surface area contributed by atoms with Crippen molar-refractivity contribution in [3.63, 3.8) is 0 Å². The lowest BCUT2D eigenvalue weighted by atomic mass is 9.98. The highest BCUT2D eigenvalue weighted by Gasteiger charge is 2.27. The van der Waals surface area contributed by atoms with Crippen LogP contribution in [0.1, 0.15) is 33.6 Å². The minimum atomic E-state index is 0.248. The van der Waals surface area contributed by atoms with E-state index >= 15 is 0 Å². The largest absolute Gasteiger partial charge is 0.481 e. The molecule has 1 fully saturated rings. The molecular formula is C15H26N4O. The molecule has 0 saturated carbocycles. The fourth-order valence-electron chi connectivity index (χ4n) is 2.57. The molecular weight excluding hydrogens is 252 g/mol. The smallest absolute Gasteiger partial charge is 0.215 e. The van der Waals surface area contributed by atoms with Gasteiger partial charge in [-0.1, -0.05) is 0 Å². The quantitative estimate of drug-likeness (QED) is 0.888. The zero-order valence-corrected chi connectivity index (χ0v) is 12.9. The Balaban J connectivity index is 1.96. The molecule has 0 amide bonds. The first-order valence-electron chi connectivity index (χ1n) is 7.22. The van der Waals surface area contributed by atoms with Gasteiger partial charge in [-0.15, -0.1) is 0 Å². The summed E-state index contributed by atoms with van der Waals surface area (Å²) in [5, 5.41) is 3.45. The highest BCUT2D eigenvalue weighted by molar-refractivity contribution is 5.62. The number of pyridine rings is 1. The van der Waals surface area contributed by atoms with Gasteiger partial charge in [-0.3, -0.25) is 4.90 Å². The first-order valence-corrected chi connectivity index (χ1v) is 7.22. The Hall–Kier alpha value is -1.49. The minimum Gasteiger partial charge on any atom is -0.481 e. The number of nitrogens with one attached hydrogen (secondary N) is 1. The van der Waals surface area contributed by atoms with Gasteiger partial charge in [0.2, 0.25) is 5.88 Å². The van der Waals surface area contributed by atoms with Crippen molar-refractivity contribution in [3.05, 3.63) is 12.1 Å². The molecule has 0 unspecified atom stereocenters. The maximum atomic E-state index is 5.97. The zero-order chi connectivity index (χ0) is 14.8. The number of methoxy groups -OCH3 is 1. The SMILES string of the molecule is COc1ccc(N)c(NC2CCN(C(C)(C)C)CC2)n1. The van der Waals surface area contributed by atoms with Crippen LogP contribution < -0.4 is 15.8 Å². The predicted octanol–water partition coefficient (Wildman–Crippen LogP) is 2.35. The van der Waals surface area contributed by atoms with Gasteiger partial charge < -0.3 is 15.8 Å². The van der Waals surface area contributed by atoms with Crippen LogP contribution in [0, 0.1) is 0 Å². The normalized spacial score (nSPS) is 18.0. The van der Waals surface area contributed by atoms with Gasteiger partial charge in [-0.05, 0) is 39.7 Å². The first-order chi connectivity index (χ1) is 9.40. The second-order valence-electron chi connectivity index (χ2n) is 6.37. The average Bonchev–Trinajstić information content (AvgIpc) is 2.41. The molecule has 1 aromatic heterocycles. The van der Waals surface area contributed by atoms with Gasteiger partial charge in [0.15, 0.2) is 5.82 Å². The summed E-state index contributed by atoms with van der Waals surface area (Å²) in [7, 11) is 1.62. The molecule has 2 rings (SSSR count). The van der Waals surface area contributed by atoms with Gasteiger partial charge in [-0.2, -0.15) is 4.98 Å². The van der Waals surface area contributed by atoms with E-state index in [0.717, 1.165) is 31.7 Å². The Kier molecular flexibility index (Phi) is 4.38. The van der Waals surface area contributed by atoms with Gasteiger partial charge in [0.25, 0.3) is 0 Å². The molecule has 0 radical (unpaired) electrons. The fourth-order valence-corrected chi connectivity index (χ4v) is 2.57. The van der Waals surface area contributed by atoms with Crippen LogP contribution in [0.25, 0.3) is 0 Å². The topological polar surface area (TPSA) is 63.4 Å². The van der Waals surface area contributed by atoms with Gasteiger partial charge in [0.1, 0.15) is 0 Å². The number of rotatable bonds is 3. The fraction of sp³-hybridized carbons (Fsp3) is 0.667. The Morgan fingerprint density at radius 2 is 1.95 bits per heavy atom. The van der Waals surface area contributed by atoms with Crippen molar-refractivity contribution in [1.82, 2.24) is 9.88 Å². The van der Waals surface area contributed by atoms with E-state index in [1.165, 1.54) is 0 Å². The lowest BCUT2D eigenvalue weighted by Gasteiger charge is -2.41. The van der Waals surface area contributed by atoms with E-state index in [-0.39, 0.29) is 5.54 Å². The third-order valence-corrected chi connectivity index (χ3v) is 3.89. The zero-order valence-electron chi connectivity index (χ0n) is 12.9. The molecule has 1 aromatic rings. The molecule has 112 valence electrons. The monoisotopic (exact) mass is 278 g/mol. The van der Waals surface area contributed by atoms with Crippen LogP contribution in [-0.4, -0.2) is 41.7 Å². The number of anilines is 2. The summed E-state index contributed by atoms with van der Waals surface area (Å²) in [4.78, 5) is 6.90. The molecule has 5 heteroatoms. The number of ether oxygens (including phenoxy) is 1. The van der Waals surface area contributed by atoms with Crippen molar-refractivity contribution in [2.75, 3.05) is 31.2 Å². The van der Waals surface area contributed by atoms with Crippen LogP contribution in [-0.2, 0) is 0 Å². The molecule has 1 aliphatic heterocycles. The second kappa shape index (κ2) is 5.87. The molecule has 0 spiro atoms. The number of nitrogens with zero attached hydrogens (tertiary/aromatic N) is 2. The Morgan fingerprint density at radius 3 is 2.50 bits per heavy atom. The number of nitrogens with two attached hydrogens (primary N) is 1. The molecule has 5 nitrogen and oxygen atoms in total. The maximum absolute atomic E-state index is 5.97. The molecule has 1 aliphatic rings. The maximum Gasteiger partial charge on any atom is 0.215 e. The number of piperidine rings is 1. The van der Waals surface area contributed by atoms with E-state index in [9.17, 15) is 0 Å². The second-order valence-corrected chi connectivity index (χ2v) is 6.37. The summed E-state index contributed by atoms with van der Waals surface area (Å²) < 4.78 is 5.15. The molecule has 0 bridgehead atoms. The third kappa shape index (κ3) is 3.54. The van der Waals surface area contributed by atoms with Crippen LogP contribution in [0.5, 0.6) is 5.88 Å². The number of hydrogen-bond donors (Lipinski definition) is 2. The van der Waals surface area contributed by atoms with Crippen molar-refractivity contribution in [2.45, 2.75) is 45.2 Å². The van der Waals surface area contributed by atoms with E-state index in [1.54, 1.807) is 13.2 Å². The van der Waals surface area contributed by atoms with Crippen LogP contribution in [0.4, 0.5) is 11.5 Å². The lowest BCUT2D eigenvalue weighted by Crippen LogP contribution is -2.48. The van der Waals surface area contributed by atoms with E-state index in [4.69, 9.17) is 10.5 Å². The average molecular weight is 278 g/mol. The summed E-state index contributed by atoms with van der Waals surface area (Å²) in [5.74, 6) is 1.33. The number of hydrogen-bond acceptors (Lipinski definition) is 5. The van der Waals surface area contributed by atoms with E-state index in [2.05, 4.69) is 36.0 Å². The Bertz CT molecular complexity index is 448. The summed E-state index contributed by atoms with van der Waals surface area (Å²) in [5.41, 5.74) is 6.89. The van der Waals surface area contributed by atoms with Crippen LogP contribution in [0.2, 0.25) is 0 Å². The summed E-state index contributed by atoms with van der Waals surface area (Å²) >= 11 is 0. The molecule has 0 atom stereocenters. The molecule has 20 heavy (non-hydrogen) atoms. The van der Waals surface area contributed by atoms with E-state index in [0.29, 0.717) is 17.6 Å². The summed E-state index contributed by atoms with van der Waals surface area (Å²) in [6.07, 6.45) is 2.21. The van der Waals surface area contributed by atoms with Crippen molar-refractivity contribution in [2.24, 2.45) is 0 Å². The summed E-state index contributed by atoms with van der Waals surface area (Å²) in [6, 6.07) is 4.04. The Morgan fingerprint density at radius 1 is 1.30 bits per heavy atom. The van der Waals surface area contributed by atoms with E-state index in [1.807, 2.05) is 6.07 Å². The molecule has 3 N–H and O–H groups in total. The van der Waals surface area contributed by atoms with Crippen LogP contribution >= 0.6 is 0 Å². The van der Waals surface area contributed by atoms with Gasteiger partial charge in [0, 0.05) is 30.7 Å². The van der Waals surface area contributed by atoms with Crippen molar-refractivity contribution < 1.29 is 4.74 Å². The first kappa shape index (κ1) is 14.9. The molecule has 1 saturated heterocycles. The van der Waals surface area contributed by atoms with Crippen LogP contribution in [0.15, 0.2) is 12.1 Å². The number of likely N-dealkylation sites (tertiary alicyclic amines) is 1. The molecule has 0 aliphatic carbocycles. The van der Waals surface area contributed by atoms with Gasteiger partial charge in [-0.25, -0.2) is 0 Å². The standard InChI is InChI=1S/C15H26N4O/c1-15(2,3)19-9-7-11(8-10-19)17-14-12(16)5-6-13(18-14)20-4/h5-6,11H,7-10,16H2,1-4H3,(H,17,18). The number of aromatic nitrogens is 1. The third-order valence-electron chi connectivity index (χ3n) is 3.89. The van der Waals surface area contributed by atoms with Gasteiger partial charge in [0.05, 0.1) is 12.8 Å². The predicted molar refractivity (Wildman–Crippen MR) is 83.2 cm³/mol. The van der Waals surface area contributed by atoms with Crippen molar-refractivity contribution >= 4 is 11.5 Å². The van der Waals surface area contributed by atoms with E-state index < -0.39 is 0 Å². The summed E-state index contributed by atoms with van der Waals surface area (Å²) in [6.45, 7) is 9.00. The minimum absolute atomic E-state index is 0.248. The van der Waals surface area contributed by atoms with Gasteiger partial charge >= 0.3 is 0 Å².